The van der Waals surface area contributed by atoms with Crippen molar-refractivity contribution in [2.75, 3.05) is 0 Å². The monoisotopic (exact) mass is 252 g/mol. The number of aromatic nitrogens is 4. The highest BCUT2D eigenvalue weighted by molar-refractivity contribution is 6.31. The van der Waals surface area contributed by atoms with Crippen LogP contribution < -0.4 is 0 Å². The molecule has 0 aliphatic carbocycles. The molecule has 5 heteroatoms. The van der Waals surface area contributed by atoms with Gasteiger partial charge in [0.15, 0.2) is 0 Å². The smallest absolute Gasteiger partial charge is 0.0866 e. The Kier molecular flexibility index (Phi) is 3.24. The fourth-order valence-corrected chi connectivity index (χ4v) is 2.19. The van der Waals surface area contributed by atoms with Crippen LogP contribution in [0.2, 0.25) is 5.02 Å². The summed E-state index contributed by atoms with van der Waals surface area (Å²) >= 11 is 6.28. The van der Waals surface area contributed by atoms with Crippen molar-refractivity contribution in [2.45, 2.75) is 40.8 Å². The number of aryl methyl sites for hydroxylation is 4. The molecule has 0 unspecified atom stereocenters. The average Bonchev–Trinajstić information content (AvgIpc) is 2.73. The van der Waals surface area contributed by atoms with Gasteiger partial charge in [-0.15, -0.1) is 0 Å². The van der Waals surface area contributed by atoms with Crippen molar-refractivity contribution in [3.63, 3.8) is 0 Å². The van der Waals surface area contributed by atoms with E-state index in [0.29, 0.717) is 6.54 Å². The third kappa shape index (κ3) is 2.22. The largest absolute Gasteiger partial charge is 0.266 e. The Morgan fingerprint density at radius 2 is 1.88 bits per heavy atom. The minimum absolute atomic E-state index is 0.674. The molecular formula is C12H17ClN4. The van der Waals surface area contributed by atoms with E-state index in [1.807, 2.05) is 30.1 Å². The number of hydrogen-bond acceptors (Lipinski definition) is 2. The van der Waals surface area contributed by atoms with Gasteiger partial charge in [-0.05, 0) is 33.8 Å². The molecule has 2 heterocycles. The molecule has 0 spiro atoms. The third-order valence-electron chi connectivity index (χ3n) is 2.86. The summed E-state index contributed by atoms with van der Waals surface area (Å²) in [5.41, 5.74) is 4.07. The number of hydrogen-bond donors (Lipinski definition) is 0. The molecule has 0 fully saturated rings. The maximum absolute atomic E-state index is 6.28. The van der Waals surface area contributed by atoms with Gasteiger partial charge in [0, 0.05) is 12.2 Å². The van der Waals surface area contributed by atoms with E-state index in [4.69, 9.17) is 11.6 Å². The molecule has 0 saturated heterocycles. The zero-order valence-electron chi connectivity index (χ0n) is 10.7. The van der Waals surface area contributed by atoms with Gasteiger partial charge in [0.25, 0.3) is 0 Å². The van der Waals surface area contributed by atoms with E-state index in [2.05, 4.69) is 23.2 Å². The lowest BCUT2D eigenvalue weighted by molar-refractivity contribution is 0.567. The normalized spacial score (nSPS) is 11.1. The van der Waals surface area contributed by atoms with Crippen molar-refractivity contribution >= 4 is 11.6 Å². The standard InChI is InChI=1S/C12H17ClN4/c1-5-16-11(12(13)10(4)15-16)7-17-9(3)6-8(2)14-17/h6H,5,7H2,1-4H3. The molecule has 92 valence electrons. The molecule has 4 nitrogen and oxygen atoms in total. The van der Waals surface area contributed by atoms with Gasteiger partial charge in [-0.2, -0.15) is 10.2 Å². The summed E-state index contributed by atoms with van der Waals surface area (Å²) in [6.45, 7) is 9.53. The molecule has 0 saturated carbocycles. The topological polar surface area (TPSA) is 35.6 Å². The van der Waals surface area contributed by atoms with Gasteiger partial charge in [-0.25, -0.2) is 0 Å². The van der Waals surface area contributed by atoms with E-state index in [1.165, 1.54) is 0 Å². The minimum atomic E-state index is 0.674. The van der Waals surface area contributed by atoms with Crippen LogP contribution in [0.4, 0.5) is 0 Å². The van der Waals surface area contributed by atoms with Crippen molar-refractivity contribution in [3.8, 4) is 0 Å². The average molecular weight is 253 g/mol. The summed E-state index contributed by atoms with van der Waals surface area (Å²) < 4.78 is 3.90. The van der Waals surface area contributed by atoms with Crippen LogP contribution in [0.25, 0.3) is 0 Å². The number of rotatable bonds is 3. The molecule has 17 heavy (non-hydrogen) atoms. The lowest BCUT2D eigenvalue weighted by Crippen LogP contribution is -2.10. The van der Waals surface area contributed by atoms with Crippen molar-refractivity contribution in [1.82, 2.24) is 19.6 Å². The van der Waals surface area contributed by atoms with Crippen molar-refractivity contribution in [1.29, 1.82) is 0 Å². The van der Waals surface area contributed by atoms with Gasteiger partial charge >= 0.3 is 0 Å². The Morgan fingerprint density at radius 3 is 2.41 bits per heavy atom. The van der Waals surface area contributed by atoms with Gasteiger partial charge in [0.1, 0.15) is 0 Å². The lowest BCUT2D eigenvalue weighted by Gasteiger charge is -2.07. The SMILES string of the molecule is CCn1nc(C)c(Cl)c1Cn1nc(C)cc1C. The zero-order valence-corrected chi connectivity index (χ0v) is 11.4. The second kappa shape index (κ2) is 4.53. The minimum Gasteiger partial charge on any atom is -0.266 e. The lowest BCUT2D eigenvalue weighted by atomic mass is 10.3. The Hall–Kier alpha value is -1.29. The van der Waals surface area contributed by atoms with E-state index in [9.17, 15) is 0 Å². The maximum atomic E-state index is 6.28. The molecule has 2 aromatic heterocycles. The van der Waals surface area contributed by atoms with Gasteiger partial charge in [-0.3, -0.25) is 9.36 Å². The molecule has 0 bridgehead atoms. The summed E-state index contributed by atoms with van der Waals surface area (Å²) in [5.74, 6) is 0. The first-order valence-corrected chi connectivity index (χ1v) is 6.13. The van der Waals surface area contributed by atoms with Crippen molar-refractivity contribution in [2.24, 2.45) is 0 Å². The first kappa shape index (κ1) is 12.2. The van der Waals surface area contributed by atoms with Gasteiger partial charge in [0.05, 0.1) is 28.6 Å². The molecule has 0 N–H and O–H groups in total. The number of nitrogens with zero attached hydrogens (tertiary/aromatic N) is 4. The third-order valence-corrected chi connectivity index (χ3v) is 3.35. The second-order valence-electron chi connectivity index (χ2n) is 4.25. The van der Waals surface area contributed by atoms with Crippen LogP contribution in [0.3, 0.4) is 0 Å². The second-order valence-corrected chi connectivity index (χ2v) is 4.62. The fraction of sp³-hybridized carbons (Fsp3) is 0.500. The Morgan fingerprint density at radius 1 is 1.18 bits per heavy atom. The highest BCUT2D eigenvalue weighted by Gasteiger charge is 2.14. The summed E-state index contributed by atoms with van der Waals surface area (Å²) in [7, 11) is 0. The van der Waals surface area contributed by atoms with Crippen LogP contribution in [0.15, 0.2) is 6.07 Å². The summed E-state index contributed by atoms with van der Waals surface area (Å²) in [5, 5.41) is 9.60. The van der Waals surface area contributed by atoms with Crippen LogP contribution in [-0.4, -0.2) is 19.6 Å². The Labute approximate surface area is 106 Å². The quantitative estimate of drug-likeness (QED) is 0.842. The van der Waals surface area contributed by atoms with Gasteiger partial charge in [-0.1, -0.05) is 11.6 Å². The van der Waals surface area contributed by atoms with E-state index in [0.717, 1.165) is 34.3 Å². The Bertz CT molecular complexity index is 539. The zero-order chi connectivity index (χ0) is 12.6. The Balaban J connectivity index is 2.38. The molecule has 2 rings (SSSR count). The van der Waals surface area contributed by atoms with E-state index in [-0.39, 0.29) is 0 Å². The first-order chi connectivity index (χ1) is 8.02. The highest BCUT2D eigenvalue weighted by atomic mass is 35.5. The molecule has 0 radical (unpaired) electrons. The number of halogens is 1. The van der Waals surface area contributed by atoms with E-state index in [1.54, 1.807) is 0 Å². The van der Waals surface area contributed by atoms with Crippen LogP contribution in [0.1, 0.15) is 29.7 Å². The van der Waals surface area contributed by atoms with Gasteiger partial charge in [0.2, 0.25) is 0 Å². The predicted octanol–water partition coefficient (Wildman–Crippen LogP) is 2.73. The van der Waals surface area contributed by atoms with Crippen LogP contribution >= 0.6 is 11.6 Å². The van der Waals surface area contributed by atoms with Crippen LogP contribution in [0.5, 0.6) is 0 Å². The van der Waals surface area contributed by atoms with Crippen molar-refractivity contribution < 1.29 is 0 Å². The van der Waals surface area contributed by atoms with Gasteiger partial charge < -0.3 is 0 Å². The van der Waals surface area contributed by atoms with E-state index < -0.39 is 0 Å². The first-order valence-electron chi connectivity index (χ1n) is 5.75. The summed E-state index contributed by atoms with van der Waals surface area (Å²) in [6, 6.07) is 2.06. The summed E-state index contributed by atoms with van der Waals surface area (Å²) in [4.78, 5) is 0. The molecule has 0 aliphatic rings. The van der Waals surface area contributed by atoms with Crippen molar-refractivity contribution in [3.05, 3.63) is 33.9 Å². The molecule has 0 atom stereocenters. The molecule has 0 aliphatic heterocycles. The molecular weight excluding hydrogens is 236 g/mol. The fourth-order valence-electron chi connectivity index (χ4n) is 2.00. The molecule has 2 aromatic rings. The highest BCUT2D eigenvalue weighted by Crippen LogP contribution is 2.21. The van der Waals surface area contributed by atoms with Crippen LogP contribution in [-0.2, 0) is 13.1 Å². The molecule has 0 aromatic carbocycles. The van der Waals surface area contributed by atoms with Crippen LogP contribution in [0, 0.1) is 20.8 Å². The van der Waals surface area contributed by atoms with E-state index >= 15 is 0 Å². The molecule has 0 amide bonds. The predicted molar refractivity (Wildman–Crippen MR) is 68.5 cm³/mol. The maximum Gasteiger partial charge on any atom is 0.0866 e. The summed E-state index contributed by atoms with van der Waals surface area (Å²) in [6.07, 6.45) is 0.